The van der Waals surface area contributed by atoms with Crippen molar-refractivity contribution in [3.8, 4) is 0 Å². The van der Waals surface area contributed by atoms with Gasteiger partial charge in [0.15, 0.2) is 0 Å². The standard InChI is InChI=1S/C9H20N2O/c1-8(12)4-6-11(2)9-3-5-10-7-9/h8-10,12H,3-7H2,1-2H3. The van der Waals surface area contributed by atoms with Crippen molar-refractivity contribution in [1.82, 2.24) is 10.2 Å². The van der Waals surface area contributed by atoms with Crippen molar-refractivity contribution >= 4 is 0 Å². The zero-order valence-corrected chi connectivity index (χ0v) is 8.08. The SMILES string of the molecule is CC(O)CCN(C)C1CCNC1. The van der Waals surface area contributed by atoms with Gasteiger partial charge < -0.3 is 15.3 Å². The number of hydrogen-bond acceptors (Lipinski definition) is 3. The van der Waals surface area contributed by atoms with Crippen molar-refractivity contribution in [3.05, 3.63) is 0 Å². The van der Waals surface area contributed by atoms with Crippen molar-refractivity contribution in [2.24, 2.45) is 0 Å². The van der Waals surface area contributed by atoms with Gasteiger partial charge in [0.2, 0.25) is 0 Å². The van der Waals surface area contributed by atoms with Gasteiger partial charge in [0.25, 0.3) is 0 Å². The highest BCUT2D eigenvalue weighted by atomic mass is 16.3. The molecule has 12 heavy (non-hydrogen) atoms. The molecular formula is C9H20N2O. The van der Waals surface area contributed by atoms with E-state index in [2.05, 4.69) is 17.3 Å². The Bertz CT molecular complexity index is 122. The highest BCUT2D eigenvalue weighted by molar-refractivity contribution is 4.78. The molecule has 3 heteroatoms. The molecule has 0 aromatic heterocycles. The zero-order valence-electron chi connectivity index (χ0n) is 8.08. The van der Waals surface area contributed by atoms with Crippen molar-refractivity contribution in [2.45, 2.75) is 31.9 Å². The lowest BCUT2D eigenvalue weighted by atomic mass is 10.2. The molecule has 1 fully saturated rings. The lowest BCUT2D eigenvalue weighted by Crippen LogP contribution is -2.35. The molecule has 2 N–H and O–H groups in total. The predicted molar refractivity (Wildman–Crippen MR) is 50.2 cm³/mol. The van der Waals surface area contributed by atoms with Gasteiger partial charge >= 0.3 is 0 Å². The number of aliphatic hydroxyl groups excluding tert-OH is 1. The van der Waals surface area contributed by atoms with Crippen LogP contribution < -0.4 is 5.32 Å². The fourth-order valence-corrected chi connectivity index (χ4v) is 1.59. The largest absolute Gasteiger partial charge is 0.393 e. The molecule has 2 unspecified atom stereocenters. The Balaban J connectivity index is 2.13. The molecular weight excluding hydrogens is 152 g/mol. The molecule has 0 bridgehead atoms. The van der Waals surface area contributed by atoms with Gasteiger partial charge in [-0.05, 0) is 33.4 Å². The van der Waals surface area contributed by atoms with Crippen LogP contribution in [-0.2, 0) is 0 Å². The molecule has 0 aromatic rings. The average Bonchev–Trinajstić information content (AvgIpc) is 2.51. The van der Waals surface area contributed by atoms with Crippen LogP contribution in [0.15, 0.2) is 0 Å². The minimum Gasteiger partial charge on any atom is -0.393 e. The Morgan fingerprint density at radius 2 is 2.42 bits per heavy atom. The second-order valence-electron chi connectivity index (χ2n) is 3.76. The van der Waals surface area contributed by atoms with Crippen LogP contribution in [0, 0.1) is 0 Å². The summed E-state index contributed by atoms with van der Waals surface area (Å²) in [6, 6.07) is 0.684. The maximum absolute atomic E-state index is 9.10. The molecule has 0 aromatic carbocycles. The van der Waals surface area contributed by atoms with E-state index in [0.29, 0.717) is 6.04 Å². The molecule has 0 spiro atoms. The van der Waals surface area contributed by atoms with Gasteiger partial charge in [-0.3, -0.25) is 0 Å². The van der Waals surface area contributed by atoms with Crippen LogP contribution >= 0.6 is 0 Å². The molecule has 0 radical (unpaired) electrons. The Kier molecular flexibility index (Phi) is 3.98. The van der Waals surface area contributed by atoms with Crippen LogP contribution in [0.25, 0.3) is 0 Å². The first-order chi connectivity index (χ1) is 5.70. The van der Waals surface area contributed by atoms with Crippen LogP contribution in [-0.4, -0.2) is 48.8 Å². The Labute approximate surface area is 74.8 Å². The topological polar surface area (TPSA) is 35.5 Å². The molecule has 72 valence electrons. The van der Waals surface area contributed by atoms with Gasteiger partial charge in [0, 0.05) is 19.1 Å². The fourth-order valence-electron chi connectivity index (χ4n) is 1.59. The van der Waals surface area contributed by atoms with Gasteiger partial charge in [0.1, 0.15) is 0 Å². The number of nitrogens with one attached hydrogen (secondary N) is 1. The maximum Gasteiger partial charge on any atom is 0.0524 e. The Morgan fingerprint density at radius 3 is 2.92 bits per heavy atom. The van der Waals surface area contributed by atoms with Crippen molar-refractivity contribution in [1.29, 1.82) is 0 Å². The fraction of sp³-hybridized carbons (Fsp3) is 1.00. The summed E-state index contributed by atoms with van der Waals surface area (Å²) in [5.74, 6) is 0. The van der Waals surface area contributed by atoms with Crippen LogP contribution in [0.1, 0.15) is 19.8 Å². The number of likely N-dealkylation sites (N-methyl/N-ethyl adjacent to an activating group) is 1. The molecule has 0 saturated carbocycles. The summed E-state index contributed by atoms with van der Waals surface area (Å²) in [5.41, 5.74) is 0. The summed E-state index contributed by atoms with van der Waals surface area (Å²) in [4.78, 5) is 2.34. The smallest absolute Gasteiger partial charge is 0.0524 e. The van der Waals surface area contributed by atoms with Crippen molar-refractivity contribution < 1.29 is 5.11 Å². The third-order valence-corrected chi connectivity index (χ3v) is 2.56. The summed E-state index contributed by atoms with van der Waals surface area (Å²) < 4.78 is 0. The molecule has 3 nitrogen and oxygen atoms in total. The van der Waals surface area contributed by atoms with E-state index in [1.54, 1.807) is 0 Å². The monoisotopic (exact) mass is 172 g/mol. The highest BCUT2D eigenvalue weighted by Gasteiger charge is 2.18. The highest BCUT2D eigenvalue weighted by Crippen LogP contribution is 2.06. The Hall–Kier alpha value is -0.120. The van der Waals surface area contributed by atoms with Crippen molar-refractivity contribution in [2.75, 3.05) is 26.7 Å². The van der Waals surface area contributed by atoms with Gasteiger partial charge in [0.05, 0.1) is 6.10 Å². The van der Waals surface area contributed by atoms with E-state index in [1.165, 1.54) is 6.42 Å². The van der Waals surface area contributed by atoms with Gasteiger partial charge in [-0.15, -0.1) is 0 Å². The third-order valence-electron chi connectivity index (χ3n) is 2.56. The summed E-state index contributed by atoms with van der Waals surface area (Å²) in [6.45, 7) is 5.10. The molecule has 1 aliphatic heterocycles. The van der Waals surface area contributed by atoms with E-state index < -0.39 is 0 Å². The van der Waals surface area contributed by atoms with E-state index in [9.17, 15) is 0 Å². The predicted octanol–water partition coefficient (Wildman–Crippen LogP) is 0.0510. The number of nitrogens with zero attached hydrogens (tertiary/aromatic N) is 1. The minimum atomic E-state index is -0.165. The normalized spacial score (nSPS) is 26.5. The second kappa shape index (κ2) is 4.80. The molecule has 2 atom stereocenters. The molecule has 1 heterocycles. The second-order valence-corrected chi connectivity index (χ2v) is 3.76. The summed E-state index contributed by atoms with van der Waals surface area (Å²) in [5, 5.41) is 12.4. The van der Waals surface area contributed by atoms with Crippen LogP contribution in [0.3, 0.4) is 0 Å². The maximum atomic E-state index is 9.10. The van der Waals surface area contributed by atoms with Gasteiger partial charge in [-0.25, -0.2) is 0 Å². The van der Waals surface area contributed by atoms with E-state index in [0.717, 1.165) is 26.1 Å². The number of aliphatic hydroxyl groups is 1. The molecule has 0 aliphatic carbocycles. The van der Waals surface area contributed by atoms with E-state index >= 15 is 0 Å². The summed E-state index contributed by atoms with van der Waals surface area (Å²) >= 11 is 0. The van der Waals surface area contributed by atoms with Crippen LogP contribution in [0.2, 0.25) is 0 Å². The van der Waals surface area contributed by atoms with Crippen LogP contribution in [0.5, 0.6) is 0 Å². The number of hydrogen-bond donors (Lipinski definition) is 2. The minimum absolute atomic E-state index is 0.165. The van der Waals surface area contributed by atoms with E-state index in [4.69, 9.17) is 5.11 Å². The van der Waals surface area contributed by atoms with Crippen molar-refractivity contribution in [3.63, 3.8) is 0 Å². The molecule has 0 amide bonds. The molecule has 1 rings (SSSR count). The quantitative estimate of drug-likeness (QED) is 0.629. The van der Waals surface area contributed by atoms with Gasteiger partial charge in [-0.2, -0.15) is 0 Å². The zero-order chi connectivity index (χ0) is 8.97. The van der Waals surface area contributed by atoms with E-state index in [-0.39, 0.29) is 6.10 Å². The average molecular weight is 172 g/mol. The summed E-state index contributed by atoms with van der Waals surface area (Å²) in [7, 11) is 2.14. The first kappa shape index (κ1) is 9.96. The number of rotatable bonds is 4. The molecule has 1 aliphatic rings. The van der Waals surface area contributed by atoms with E-state index in [1.807, 2.05) is 6.92 Å². The molecule has 1 saturated heterocycles. The summed E-state index contributed by atoms with van der Waals surface area (Å²) in [6.07, 6.45) is 1.96. The Morgan fingerprint density at radius 1 is 1.67 bits per heavy atom. The first-order valence-corrected chi connectivity index (χ1v) is 4.79. The lowest BCUT2D eigenvalue weighted by Gasteiger charge is -2.23. The third kappa shape index (κ3) is 3.09. The first-order valence-electron chi connectivity index (χ1n) is 4.79. The lowest BCUT2D eigenvalue weighted by molar-refractivity contribution is 0.152. The van der Waals surface area contributed by atoms with Crippen LogP contribution in [0.4, 0.5) is 0 Å². The van der Waals surface area contributed by atoms with Gasteiger partial charge in [-0.1, -0.05) is 0 Å².